The lowest BCUT2D eigenvalue weighted by Gasteiger charge is -2.36. The minimum atomic E-state index is -5.76. The Morgan fingerprint density at radius 2 is 1.76 bits per heavy atom. The van der Waals surface area contributed by atoms with E-state index < -0.39 is 36.8 Å². The van der Waals surface area contributed by atoms with Crippen molar-refractivity contribution in [2.75, 3.05) is 13.1 Å². The number of nitrogens with zero attached hydrogens (tertiary/aromatic N) is 3. The molecule has 1 aromatic heterocycles. The highest BCUT2D eigenvalue weighted by Gasteiger charge is 2.51. The van der Waals surface area contributed by atoms with Gasteiger partial charge >= 0.3 is 13.3 Å². The highest BCUT2D eigenvalue weighted by molar-refractivity contribution is 7.52. The molecule has 2 aromatic carbocycles. The molecule has 3 amide bonds. The number of amides is 3. The highest BCUT2D eigenvalue weighted by atomic mass is 32.1. The molecule has 3 aromatic rings. The number of nitrogens with one attached hydrogen (secondary N) is 1. The standard InChI is InChI=1S/C32H33F2N4O6PS/c33-32(34,45(42,43)44)22-10-13-27-20(14-22)15-28(46-27)29(39)36-25-9-5-4-8-23-11-12-26(38(23)30(25)40)31(41)37-17-21(16-35)24(18-37)19-6-2-1-3-7-19/h1-3,6-7,10,13-15,21,23-26H,4-5,8-9,11-12,17-18H2,(H,36,39)(H2,42,43,44)/t21-,23-,24-,25-,26-/m0/s1. The molecule has 0 aliphatic carbocycles. The average molecular weight is 671 g/mol. The molecule has 3 aliphatic heterocycles. The Labute approximate surface area is 268 Å². The van der Waals surface area contributed by atoms with Gasteiger partial charge in [0.05, 0.1) is 16.9 Å². The molecule has 242 valence electrons. The second-order valence-corrected chi connectivity index (χ2v) is 15.0. The fraction of sp³-hybridized carbons (Fsp3) is 0.438. The van der Waals surface area contributed by atoms with Crippen LogP contribution >= 0.6 is 18.9 Å². The van der Waals surface area contributed by atoms with E-state index in [0.717, 1.165) is 41.9 Å². The molecule has 4 heterocycles. The molecule has 3 fully saturated rings. The normalized spacial score (nSPS) is 25.5. The number of hydrogen-bond donors (Lipinski definition) is 3. The Balaban J connectivity index is 1.19. The summed E-state index contributed by atoms with van der Waals surface area (Å²) in [5, 5.41) is 12.9. The largest absolute Gasteiger partial charge is 0.399 e. The Bertz CT molecular complexity index is 1760. The van der Waals surface area contributed by atoms with Crippen LogP contribution in [0.5, 0.6) is 0 Å². The first-order chi connectivity index (χ1) is 21.9. The smallest absolute Gasteiger partial charge is 0.340 e. The summed E-state index contributed by atoms with van der Waals surface area (Å²) in [7, 11) is -5.76. The van der Waals surface area contributed by atoms with Crippen molar-refractivity contribution in [3.8, 4) is 6.07 Å². The van der Waals surface area contributed by atoms with Gasteiger partial charge in [-0.05, 0) is 54.8 Å². The lowest BCUT2D eigenvalue weighted by molar-refractivity contribution is -0.146. The lowest BCUT2D eigenvalue weighted by Crippen LogP contribution is -2.56. The van der Waals surface area contributed by atoms with Gasteiger partial charge in [0.2, 0.25) is 11.8 Å². The highest BCUT2D eigenvalue weighted by Crippen LogP contribution is 2.59. The molecule has 5 atom stereocenters. The van der Waals surface area contributed by atoms with E-state index in [1.807, 2.05) is 30.3 Å². The van der Waals surface area contributed by atoms with E-state index in [9.17, 15) is 33.0 Å². The number of fused-ring (bicyclic) bond motifs is 2. The van der Waals surface area contributed by atoms with Crippen LogP contribution < -0.4 is 5.32 Å². The predicted molar refractivity (Wildman–Crippen MR) is 166 cm³/mol. The third-order valence-electron chi connectivity index (χ3n) is 9.40. The second kappa shape index (κ2) is 12.5. The molecule has 0 spiro atoms. The summed E-state index contributed by atoms with van der Waals surface area (Å²) in [5.74, 6) is -1.59. The van der Waals surface area contributed by atoms with Gasteiger partial charge in [-0.3, -0.25) is 18.9 Å². The fourth-order valence-electron chi connectivity index (χ4n) is 7.01. The number of halogens is 2. The van der Waals surface area contributed by atoms with Crippen molar-refractivity contribution in [3.63, 3.8) is 0 Å². The number of likely N-dealkylation sites (tertiary alicyclic amines) is 1. The topological polar surface area (TPSA) is 151 Å². The Morgan fingerprint density at radius 3 is 2.48 bits per heavy atom. The van der Waals surface area contributed by atoms with Crippen LogP contribution in [0.4, 0.5) is 8.78 Å². The molecule has 3 aliphatic rings. The Morgan fingerprint density at radius 1 is 1.02 bits per heavy atom. The number of rotatable bonds is 6. The first-order valence-corrected chi connectivity index (χ1v) is 17.7. The third-order valence-corrected chi connectivity index (χ3v) is 11.5. The Hall–Kier alpha value is -3.69. The molecule has 3 saturated heterocycles. The van der Waals surface area contributed by atoms with Crippen LogP contribution in [0, 0.1) is 17.2 Å². The maximum absolute atomic E-state index is 14.3. The van der Waals surface area contributed by atoms with Gasteiger partial charge in [-0.25, -0.2) is 0 Å². The van der Waals surface area contributed by atoms with Crippen LogP contribution in [0.2, 0.25) is 0 Å². The molecular formula is C32H33F2N4O6PS. The van der Waals surface area contributed by atoms with Crippen LogP contribution in [0.1, 0.15) is 65.2 Å². The molecule has 0 saturated carbocycles. The molecule has 6 rings (SSSR count). The van der Waals surface area contributed by atoms with E-state index in [1.54, 1.807) is 9.80 Å². The number of carbonyl (C=O) groups excluding carboxylic acids is 3. The van der Waals surface area contributed by atoms with Gasteiger partial charge in [-0.1, -0.05) is 49.2 Å². The van der Waals surface area contributed by atoms with Crippen LogP contribution in [-0.2, 0) is 19.8 Å². The first kappa shape index (κ1) is 32.3. The van der Waals surface area contributed by atoms with Gasteiger partial charge < -0.3 is 24.9 Å². The predicted octanol–water partition coefficient (Wildman–Crippen LogP) is 4.93. The molecule has 46 heavy (non-hydrogen) atoms. The summed E-state index contributed by atoms with van der Waals surface area (Å²) in [5.41, 5.74) is -4.26. The fourth-order valence-corrected chi connectivity index (χ4v) is 8.43. The quantitative estimate of drug-likeness (QED) is 0.315. The van der Waals surface area contributed by atoms with Crippen LogP contribution in [0.25, 0.3) is 10.1 Å². The number of hydrogen-bond acceptors (Lipinski definition) is 6. The minimum Gasteiger partial charge on any atom is -0.340 e. The zero-order chi connectivity index (χ0) is 32.8. The second-order valence-electron chi connectivity index (χ2n) is 12.2. The Kier molecular flexibility index (Phi) is 8.76. The van der Waals surface area contributed by atoms with Crippen molar-refractivity contribution < 1.29 is 37.5 Å². The summed E-state index contributed by atoms with van der Waals surface area (Å²) < 4.78 is 40.4. The van der Waals surface area contributed by atoms with Crippen molar-refractivity contribution in [1.29, 1.82) is 5.26 Å². The van der Waals surface area contributed by atoms with E-state index in [2.05, 4.69) is 11.4 Å². The zero-order valence-electron chi connectivity index (χ0n) is 24.7. The third kappa shape index (κ3) is 5.95. The van der Waals surface area contributed by atoms with E-state index in [1.165, 1.54) is 12.1 Å². The van der Waals surface area contributed by atoms with Crippen molar-refractivity contribution in [3.05, 3.63) is 70.6 Å². The van der Waals surface area contributed by atoms with Crippen LogP contribution in [-0.4, -0.2) is 68.5 Å². The molecular weight excluding hydrogens is 637 g/mol. The van der Waals surface area contributed by atoms with E-state index >= 15 is 0 Å². The van der Waals surface area contributed by atoms with Gasteiger partial charge in [0, 0.05) is 35.3 Å². The van der Waals surface area contributed by atoms with Crippen LogP contribution in [0.15, 0.2) is 54.6 Å². The van der Waals surface area contributed by atoms with Gasteiger partial charge in [0.15, 0.2) is 0 Å². The number of carbonyl (C=O) groups is 3. The zero-order valence-corrected chi connectivity index (χ0v) is 26.4. The van der Waals surface area contributed by atoms with Crippen LogP contribution in [0.3, 0.4) is 0 Å². The van der Waals surface area contributed by atoms with E-state index in [-0.39, 0.29) is 46.5 Å². The monoisotopic (exact) mass is 670 g/mol. The summed E-state index contributed by atoms with van der Waals surface area (Å²) in [4.78, 5) is 63.0. The van der Waals surface area contributed by atoms with Gasteiger partial charge in [0.1, 0.15) is 12.1 Å². The number of nitriles is 1. The van der Waals surface area contributed by atoms with Gasteiger partial charge in [-0.2, -0.15) is 14.0 Å². The molecule has 10 nitrogen and oxygen atoms in total. The van der Waals surface area contributed by atoms with Crippen molar-refractivity contribution in [2.24, 2.45) is 5.92 Å². The molecule has 0 bridgehead atoms. The lowest BCUT2D eigenvalue weighted by atomic mass is 9.90. The summed E-state index contributed by atoms with van der Waals surface area (Å²) in [6, 6.07) is 14.7. The number of thiophene rings is 1. The van der Waals surface area contributed by atoms with Crippen molar-refractivity contribution >= 4 is 46.7 Å². The maximum Gasteiger partial charge on any atom is 0.399 e. The number of benzene rings is 2. The molecule has 0 unspecified atom stereocenters. The minimum absolute atomic E-state index is 0.122. The number of alkyl halides is 2. The first-order valence-electron chi connectivity index (χ1n) is 15.2. The summed E-state index contributed by atoms with van der Waals surface area (Å²) >= 11 is 1.01. The summed E-state index contributed by atoms with van der Waals surface area (Å²) in [6.45, 7) is 0.671. The van der Waals surface area contributed by atoms with Gasteiger partial charge in [-0.15, -0.1) is 11.3 Å². The summed E-state index contributed by atoms with van der Waals surface area (Å²) in [6.07, 6.45) is 3.80. The molecule has 0 radical (unpaired) electrons. The van der Waals surface area contributed by atoms with Crippen molar-refractivity contribution in [1.82, 2.24) is 15.1 Å². The SMILES string of the molecule is N#C[C@H]1CN(C(=O)[C@@H]2CC[C@@H]3CCCC[C@H](NC(=O)c4cc5cc(C(F)(F)P(=O)(O)O)ccc5s4)C(=O)N32)C[C@H]1c1ccccc1. The van der Waals surface area contributed by atoms with E-state index in [0.29, 0.717) is 36.9 Å². The van der Waals surface area contributed by atoms with E-state index in [4.69, 9.17) is 9.79 Å². The average Bonchev–Trinajstić information content (AvgIpc) is 3.77. The molecule has 3 N–H and O–H groups in total. The molecule has 14 heteroatoms. The maximum atomic E-state index is 14.3. The van der Waals surface area contributed by atoms with Crippen molar-refractivity contribution in [2.45, 2.75) is 68.2 Å². The van der Waals surface area contributed by atoms with Gasteiger partial charge in [0.25, 0.3) is 5.91 Å².